The van der Waals surface area contributed by atoms with E-state index < -0.39 is 55.6 Å². The zero-order valence-corrected chi connectivity index (χ0v) is 34.5. The zero-order valence-electron chi connectivity index (χ0n) is 34.5. The molecule has 8 aliphatic rings. The summed E-state index contributed by atoms with van der Waals surface area (Å²) in [5.74, 6) is -0.662. The first-order chi connectivity index (χ1) is 24.6. The third-order valence-corrected chi connectivity index (χ3v) is 17.2. The molecule has 0 amide bonds. The molecule has 6 saturated carbocycles. The van der Waals surface area contributed by atoms with Crippen LogP contribution in [0.4, 0.5) is 0 Å². The minimum Gasteiger partial charge on any atom is -0.462 e. The van der Waals surface area contributed by atoms with Crippen LogP contribution in [-0.2, 0) is 57.2 Å². The van der Waals surface area contributed by atoms with Crippen LogP contribution in [0.2, 0.25) is 0 Å². The van der Waals surface area contributed by atoms with Gasteiger partial charge >= 0.3 is 35.8 Å². The normalized spacial score (nSPS) is 48.0. The minimum absolute atomic E-state index is 0.178. The molecule has 14 atom stereocenters. The first-order valence-electron chi connectivity index (χ1n) is 19.9. The summed E-state index contributed by atoms with van der Waals surface area (Å²) in [7, 11) is 0. The molecule has 2 saturated heterocycles. The van der Waals surface area contributed by atoms with Gasteiger partial charge in [-0.15, -0.1) is 0 Å². The highest BCUT2D eigenvalue weighted by atomic mass is 16.6. The summed E-state index contributed by atoms with van der Waals surface area (Å²) in [6.07, 6.45) is 0.991. The topological polar surface area (TPSA) is 158 Å². The lowest BCUT2D eigenvalue weighted by Gasteiger charge is -2.39. The van der Waals surface area contributed by atoms with E-state index in [-0.39, 0.29) is 72.0 Å². The second-order valence-corrected chi connectivity index (χ2v) is 20.7. The maximum absolute atomic E-state index is 13.4. The molecule has 6 aliphatic carbocycles. The summed E-state index contributed by atoms with van der Waals surface area (Å²) in [5, 5.41) is 0. The molecule has 0 aromatic carbocycles. The van der Waals surface area contributed by atoms with Crippen molar-refractivity contribution in [1.29, 1.82) is 0 Å². The fourth-order valence-corrected chi connectivity index (χ4v) is 12.4. The quantitative estimate of drug-likeness (QED) is 0.239. The standard InChI is InChI=1S/2C21H30O6/c2*1-10-12-13(10)15(18(3,4)14(12)25-11(2)22)26-17(24)21-9-8-20(7,16(23)27-21)19(21,5)6/h2*10,12-15H,8-9H2,1-7H3/t2*10-,12-,13+,14-,15+,20-,21+/m00/s1. The molecule has 54 heavy (non-hydrogen) atoms. The van der Waals surface area contributed by atoms with Crippen molar-refractivity contribution in [3.63, 3.8) is 0 Å². The maximum atomic E-state index is 13.4. The third kappa shape index (κ3) is 4.54. The van der Waals surface area contributed by atoms with Crippen molar-refractivity contribution in [3.8, 4) is 0 Å². The Kier molecular flexibility index (Phi) is 8.13. The summed E-state index contributed by atoms with van der Waals surface area (Å²) in [4.78, 5) is 74.8. The van der Waals surface area contributed by atoms with Gasteiger partial charge in [0.1, 0.15) is 24.4 Å². The second-order valence-electron chi connectivity index (χ2n) is 20.7. The fourth-order valence-electron chi connectivity index (χ4n) is 12.4. The molecule has 300 valence electrons. The Balaban J connectivity index is 0.000000167. The zero-order chi connectivity index (χ0) is 40.3. The van der Waals surface area contributed by atoms with Crippen LogP contribution in [0.15, 0.2) is 0 Å². The molecular weight excluding hydrogens is 696 g/mol. The van der Waals surface area contributed by atoms with E-state index in [1.54, 1.807) is 0 Å². The molecule has 2 aliphatic heterocycles. The van der Waals surface area contributed by atoms with E-state index in [2.05, 4.69) is 13.8 Å². The van der Waals surface area contributed by atoms with E-state index in [1.165, 1.54) is 13.8 Å². The van der Waals surface area contributed by atoms with E-state index in [0.717, 1.165) is 0 Å². The van der Waals surface area contributed by atoms with Gasteiger partial charge in [-0.2, -0.15) is 0 Å². The Labute approximate surface area is 318 Å². The Hall–Kier alpha value is -3.18. The van der Waals surface area contributed by atoms with E-state index in [1.807, 2.05) is 69.2 Å². The molecule has 0 unspecified atom stereocenters. The first-order valence-corrected chi connectivity index (χ1v) is 19.9. The number of hydrogen-bond donors (Lipinski definition) is 0. The van der Waals surface area contributed by atoms with Crippen molar-refractivity contribution in [2.45, 2.75) is 158 Å². The molecule has 0 aromatic heterocycles. The number of rotatable bonds is 6. The van der Waals surface area contributed by atoms with Crippen molar-refractivity contribution >= 4 is 35.8 Å². The van der Waals surface area contributed by atoms with Gasteiger partial charge < -0.3 is 28.4 Å². The largest absolute Gasteiger partial charge is 0.462 e. The van der Waals surface area contributed by atoms with Gasteiger partial charge in [-0.3, -0.25) is 19.2 Å². The third-order valence-electron chi connectivity index (χ3n) is 17.2. The minimum atomic E-state index is -1.22. The summed E-state index contributed by atoms with van der Waals surface area (Å²) in [6, 6.07) is 0. The monoisotopic (exact) mass is 756 g/mol. The highest BCUT2D eigenvalue weighted by molar-refractivity contribution is 5.94. The van der Waals surface area contributed by atoms with Gasteiger partial charge in [-0.1, -0.05) is 69.2 Å². The number of esters is 6. The summed E-state index contributed by atoms with van der Waals surface area (Å²) in [5.41, 5.74) is -5.96. The number of carbonyl (C=O) groups excluding carboxylic acids is 6. The average molecular weight is 757 g/mol. The van der Waals surface area contributed by atoms with Crippen molar-refractivity contribution < 1.29 is 57.2 Å². The molecule has 12 nitrogen and oxygen atoms in total. The summed E-state index contributed by atoms with van der Waals surface area (Å²) < 4.78 is 34.7. The lowest BCUT2D eigenvalue weighted by molar-refractivity contribution is -0.195. The van der Waals surface area contributed by atoms with Crippen LogP contribution in [-0.4, -0.2) is 71.4 Å². The molecule has 4 bridgehead atoms. The molecule has 0 radical (unpaired) electrons. The smallest absolute Gasteiger partial charge is 0.351 e. The van der Waals surface area contributed by atoms with Crippen LogP contribution in [0.1, 0.15) is 123 Å². The molecular formula is C42H60O12. The highest BCUT2D eigenvalue weighted by Gasteiger charge is 2.80. The predicted molar refractivity (Wildman–Crippen MR) is 191 cm³/mol. The molecule has 12 heteroatoms. The van der Waals surface area contributed by atoms with E-state index in [4.69, 9.17) is 28.4 Å². The maximum Gasteiger partial charge on any atom is 0.351 e. The number of ether oxygens (including phenoxy) is 6. The Morgan fingerprint density at radius 1 is 0.500 bits per heavy atom. The Morgan fingerprint density at radius 3 is 1.00 bits per heavy atom. The van der Waals surface area contributed by atoms with Crippen LogP contribution in [0, 0.1) is 68.0 Å². The van der Waals surface area contributed by atoms with Gasteiger partial charge in [0, 0.05) is 59.2 Å². The first kappa shape index (κ1) is 39.1. The second kappa shape index (κ2) is 11.2. The average Bonchev–Trinajstić information content (AvgIpc) is 3.74. The van der Waals surface area contributed by atoms with Gasteiger partial charge in [0.25, 0.3) is 0 Å². The van der Waals surface area contributed by atoms with Gasteiger partial charge in [-0.05, 0) is 51.4 Å². The van der Waals surface area contributed by atoms with Gasteiger partial charge in [0.15, 0.2) is 0 Å². The molecule has 2 heterocycles. The van der Waals surface area contributed by atoms with Crippen LogP contribution < -0.4 is 0 Å². The van der Waals surface area contributed by atoms with Gasteiger partial charge in [0.2, 0.25) is 11.2 Å². The molecule has 8 rings (SSSR count). The summed E-state index contributed by atoms with van der Waals surface area (Å²) >= 11 is 0. The lowest BCUT2D eigenvalue weighted by Crippen LogP contribution is -2.52. The van der Waals surface area contributed by atoms with Crippen LogP contribution in [0.5, 0.6) is 0 Å². The van der Waals surface area contributed by atoms with Crippen LogP contribution in [0.3, 0.4) is 0 Å². The molecule has 0 spiro atoms. The van der Waals surface area contributed by atoms with Crippen molar-refractivity contribution in [3.05, 3.63) is 0 Å². The number of carbonyl (C=O) groups is 6. The van der Waals surface area contributed by atoms with Crippen molar-refractivity contribution in [1.82, 2.24) is 0 Å². The Bertz CT molecular complexity index is 1600. The number of hydrogen-bond acceptors (Lipinski definition) is 12. The van der Waals surface area contributed by atoms with E-state index in [9.17, 15) is 28.8 Å². The molecule has 0 aromatic rings. The molecule has 8 fully saturated rings. The van der Waals surface area contributed by atoms with Crippen molar-refractivity contribution in [2.75, 3.05) is 0 Å². The molecule has 0 N–H and O–H groups in total. The SMILES string of the molecule is CC(=O)O[C@H]1[C@H]2[C@H](C)[C@H]2[C@@H](OC(=O)[C@@]23CC[C@@](C)(C(=O)O2)C3(C)C)C1(C)C.CC(=O)O[C@H]1[C@H]2[C@H](C)[C@H]2[C@@H](OC(=O)[C@@]23CC[C@@](C)(C(=O)O2)C3(C)C)C1(C)C. The number of fused-ring (bicyclic) bond motifs is 6. The highest BCUT2D eigenvalue weighted by Crippen LogP contribution is 2.70. The van der Waals surface area contributed by atoms with Crippen LogP contribution in [0.25, 0.3) is 0 Å². The lowest BCUT2D eigenvalue weighted by atomic mass is 9.66. The van der Waals surface area contributed by atoms with Crippen LogP contribution >= 0.6 is 0 Å². The predicted octanol–water partition coefficient (Wildman–Crippen LogP) is 5.75. The van der Waals surface area contributed by atoms with Gasteiger partial charge in [-0.25, -0.2) is 9.59 Å². The summed E-state index contributed by atoms with van der Waals surface area (Å²) in [6.45, 7) is 26.4. The van der Waals surface area contributed by atoms with E-state index >= 15 is 0 Å². The Morgan fingerprint density at radius 2 is 0.778 bits per heavy atom. The van der Waals surface area contributed by atoms with E-state index in [0.29, 0.717) is 37.5 Å². The van der Waals surface area contributed by atoms with Crippen molar-refractivity contribution in [2.24, 2.45) is 68.0 Å². The fraction of sp³-hybridized carbons (Fsp3) is 0.857. The van der Waals surface area contributed by atoms with Gasteiger partial charge in [0.05, 0.1) is 10.8 Å².